The molecule has 1 aliphatic rings. The Bertz CT molecular complexity index is 550. The molecule has 0 bridgehead atoms. The highest BCUT2D eigenvalue weighted by atomic mass is 79.9. The predicted molar refractivity (Wildman–Crippen MR) is 88.4 cm³/mol. The summed E-state index contributed by atoms with van der Waals surface area (Å²) in [5.74, 6) is 0. The van der Waals surface area contributed by atoms with Crippen molar-refractivity contribution in [3.63, 3.8) is 0 Å². The number of rotatable bonds is 0. The third-order valence-electron chi connectivity index (χ3n) is 3.30. The fourth-order valence-electron chi connectivity index (χ4n) is 2.31. The van der Waals surface area contributed by atoms with Crippen LogP contribution < -0.4 is 21.4 Å². The number of hydrogen-bond donors (Lipinski definition) is 0. The van der Waals surface area contributed by atoms with Gasteiger partial charge in [0.05, 0.1) is 9.65 Å². The van der Waals surface area contributed by atoms with Gasteiger partial charge in [0.15, 0.2) is 12.4 Å². The lowest BCUT2D eigenvalue weighted by Crippen LogP contribution is -3.00. The van der Waals surface area contributed by atoms with E-state index in [2.05, 4.69) is 105 Å². The first kappa shape index (κ1) is 16.4. The lowest BCUT2D eigenvalue weighted by Gasteiger charge is -2.33. The van der Waals surface area contributed by atoms with Crippen LogP contribution in [-0.4, -0.2) is 9.65 Å². The summed E-state index contributed by atoms with van der Waals surface area (Å²) in [6.45, 7) is 0. The van der Waals surface area contributed by atoms with Gasteiger partial charge in [-0.3, -0.25) is 0 Å². The van der Waals surface area contributed by atoms with E-state index in [1.165, 1.54) is 16.6 Å². The maximum atomic E-state index is 3.80. The molecule has 0 spiro atoms. The second-order valence-electron chi connectivity index (χ2n) is 4.41. The molecule has 4 unspecified atom stereocenters. The molecular formula is C13H10Br5N. The zero-order valence-electron chi connectivity index (χ0n) is 9.61. The predicted octanol–water partition coefficient (Wildman–Crippen LogP) is 1.84. The lowest BCUT2D eigenvalue weighted by atomic mass is 9.92. The van der Waals surface area contributed by atoms with E-state index >= 15 is 0 Å². The van der Waals surface area contributed by atoms with E-state index in [-0.39, 0.29) is 17.0 Å². The van der Waals surface area contributed by atoms with E-state index in [9.17, 15) is 0 Å². The molecule has 2 aromatic rings. The van der Waals surface area contributed by atoms with Gasteiger partial charge >= 0.3 is 0 Å². The van der Waals surface area contributed by atoms with Gasteiger partial charge in [-0.15, -0.1) is 0 Å². The molecule has 0 saturated carbocycles. The molecule has 0 aromatic carbocycles. The monoisotopic (exact) mass is 575 g/mol. The van der Waals surface area contributed by atoms with Crippen LogP contribution in [0, 0.1) is 0 Å². The van der Waals surface area contributed by atoms with Crippen LogP contribution in [0.3, 0.4) is 0 Å². The molecule has 3 rings (SSSR count). The first-order chi connectivity index (χ1) is 8.59. The van der Waals surface area contributed by atoms with Crippen LogP contribution in [-0.2, 0) is 0 Å². The molecule has 0 saturated heterocycles. The van der Waals surface area contributed by atoms with Crippen LogP contribution in [0.25, 0.3) is 5.52 Å². The van der Waals surface area contributed by atoms with Crippen LogP contribution in [0.2, 0.25) is 0 Å². The topological polar surface area (TPSA) is 4.10 Å². The Labute approximate surface area is 156 Å². The van der Waals surface area contributed by atoms with E-state index in [0.717, 1.165) is 0 Å². The minimum absolute atomic E-state index is 0. The highest BCUT2D eigenvalue weighted by Crippen LogP contribution is 2.50. The van der Waals surface area contributed by atoms with Crippen LogP contribution in [0.1, 0.15) is 20.8 Å². The van der Waals surface area contributed by atoms with Gasteiger partial charge in [0, 0.05) is 33.4 Å². The highest BCUT2D eigenvalue weighted by molar-refractivity contribution is 9.14. The summed E-state index contributed by atoms with van der Waals surface area (Å²) >= 11 is 15.1. The molecule has 102 valence electrons. The quantitative estimate of drug-likeness (QED) is 0.332. The molecule has 0 fully saturated rings. The van der Waals surface area contributed by atoms with E-state index < -0.39 is 0 Å². The molecule has 0 amide bonds. The van der Waals surface area contributed by atoms with Crippen molar-refractivity contribution in [1.82, 2.24) is 0 Å². The van der Waals surface area contributed by atoms with Gasteiger partial charge in [-0.05, 0) is 11.6 Å². The molecular weight excluding hydrogens is 570 g/mol. The Morgan fingerprint density at radius 3 is 2.21 bits per heavy atom. The van der Waals surface area contributed by atoms with Crippen molar-refractivity contribution in [1.29, 1.82) is 0 Å². The zero-order chi connectivity index (χ0) is 12.9. The first-order valence-electron chi connectivity index (χ1n) is 5.59. The molecule has 4 atom stereocenters. The second kappa shape index (κ2) is 6.42. The highest BCUT2D eigenvalue weighted by Gasteiger charge is 2.39. The summed E-state index contributed by atoms with van der Waals surface area (Å²) in [7, 11) is 0. The fraction of sp³-hybridized carbons (Fsp3) is 0.308. The van der Waals surface area contributed by atoms with Gasteiger partial charge in [0.1, 0.15) is 0 Å². The van der Waals surface area contributed by atoms with Gasteiger partial charge in [0.2, 0.25) is 5.52 Å². The van der Waals surface area contributed by atoms with E-state index in [0.29, 0.717) is 19.3 Å². The van der Waals surface area contributed by atoms with Crippen molar-refractivity contribution in [2.75, 3.05) is 0 Å². The number of alkyl halides is 4. The summed E-state index contributed by atoms with van der Waals surface area (Å²) in [6, 6.07) is 8.51. The normalized spacial score (nSPS) is 29.7. The molecule has 19 heavy (non-hydrogen) atoms. The van der Waals surface area contributed by atoms with Crippen molar-refractivity contribution in [2.45, 2.75) is 19.3 Å². The number of hydrogen-bond acceptors (Lipinski definition) is 0. The largest absolute Gasteiger partial charge is 1.00 e. The van der Waals surface area contributed by atoms with Crippen LogP contribution in [0.5, 0.6) is 0 Å². The first-order valence-corrected chi connectivity index (χ1v) is 9.26. The maximum absolute atomic E-state index is 3.80. The molecule has 1 nitrogen and oxygen atoms in total. The van der Waals surface area contributed by atoms with E-state index in [1.54, 1.807) is 0 Å². The van der Waals surface area contributed by atoms with E-state index in [1.807, 2.05) is 0 Å². The molecule has 2 aromatic heterocycles. The summed E-state index contributed by atoms with van der Waals surface area (Å²) in [5, 5.41) is 0. The van der Waals surface area contributed by atoms with Gasteiger partial charge < -0.3 is 17.0 Å². The number of nitrogens with zero attached hydrogens (tertiary/aromatic N) is 1. The molecule has 1 aliphatic carbocycles. The zero-order valence-corrected chi connectivity index (χ0v) is 17.5. The summed E-state index contributed by atoms with van der Waals surface area (Å²) < 4.78 is 2.17. The fourth-order valence-corrected chi connectivity index (χ4v) is 5.75. The van der Waals surface area contributed by atoms with Crippen molar-refractivity contribution in [3.8, 4) is 0 Å². The average molecular weight is 580 g/mol. The van der Waals surface area contributed by atoms with Gasteiger partial charge in [0.25, 0.3) is 0 Å². The summed E-state index contributed by atoms with van der Waals surface area (Å²) in [5.41, 5.74) is 3.90. The Kier molecular flexibility index (Phi) is 5.55. The Hall–Kier alpha value is 1.03. The van der Waals surface area contributed by atoms with Gasteiger partial charge in [-0.25, -0.2) is 0 Å². The SMILES string of the molecule is BrC1c2cc3cccc[n+]3cc2C(Br)C(Br)C1Br.[Br-]. The molecule has 0 radical (unpaired) electrons. The molecule has 6 heteroatoms. The number of pyridine rings is 2. The van der Waals surface area contributed by atoms with Gasteiger partial charge in [-0.1, -0.05) is 63.7 Å². The van der Waals surface area contributed by atoms with Crippen molar-refractivity contribution >= 4 is 69.2 Å². The average Bonchev–Trinajstić information content (AvgIpc) is 2.41. The summed E-state index contributed by atoms with van der Waals surface area (Å²) in [4.78, 5) is 1.34. The minimum atomic E-state index is 0. The van der Waals surface area contributed by atoms with Crippen molar-refractivity contribution in [3.05, 3.63) is 47.8 Å². The van der Waals surface area contributed by atoms with Crippen LogP contribution in [0.15, 0.2) is 36.7 Å². The molecule has 2 heterocycles. The summed E-state index contributed by atoms with van der Waals surface area (Å²) in [6.07, 6.45) is 4.30. The minimum Gasteiger partial charge on any atom is -1.00 e. The maximum Gasteiger partial charge on any atom is 0.210 e. The Morgan fingerprint density at radius 2 is 1.53 bits per heavy atom. The Morgan fingerprint density at radius 1 is 0.895 bits per heavy atom. The third kappa shape index (κ3) is 2.85. The Balaban J connectivity index is 0.00000133. The molecule has 0 aliphatic heterocycles. The lowest BCUT2D eigenvalue weighted by molar-refractivity contribution is -0.512. The number of aromatic nitrogens is 1. The number of fused-ring (bicyclic) bond motifs is 2. The van der Waals surface area contributed by atoms with Crippen LogP contribution >= 0.6 is 63.7 Å². The standard InChI is InChI=1S/C13H10Br4N.BrH/c14-10-8-5-7-3-1-2-4-18(7)6-9(8)11(15)13(17)12(10)16;/h1-6,10-13H;1H/q+1;/p-1. The third-order valence-corrected chi connectivity index (χ3v) is 9.75. The van der Waals surface area contributed by atoms with E-state index in [4.69, 9.17) is 0 Å². The second-order valence-corrected chi connectivity index (χ2v) is 8.50. The number of halogens is 5. The van der Waals surface area contributed by atoms with Crippen molar-refractivity contribution in [2.24, 2.45) is 0 Å². The molecule has 0 N–H and O–H groups in total. The smallest absolute Gasteiger partial charge is 0.210 e. The van der Waals surface area contributed by atoms with Gasteiger partial charge in [-0.2, -0.15) is 4.40 Å². The van der Waals surface area contributed by atoms with Crippen LogP contribution in [0.4, 0.5) is 0 Å². The van der Waals surface area contributed by atoms with Crippen molar-refractivity contribution < 1.29 is 21.4 Å².